The molecule has 0 aliphatic heterocycles. The van der Waals surface area contributed by atoms with Crippen molar-refractivity contribution in [3.63, 3.8) is 0 Å². The highest BCUT2D eigenvalue weighted by Gasteiger charge is 2.37. The predicted octanol–water partition coefficient (Wildman–Crippen LogP) is 1.24. The molecular formula is C18H27N3O6. The number of rotatable bonds is 6. The van der Waals surface area contributed by atoms with Crippen molar-refractivity contribution in [2.45, 2.75) is 0 Å². The van der Waals surface area contributed by atoms with Crippen LogP contribution in [0.3, 0.4) is 0 Å². The fraction of sp³-hybridized carbons (Fsp3) is 0.500. The smallest absolute Gasteiger partial charge is 0.342 e. The van der Waals surface area contributed by atoms with E-state index in [-0.39, 0.29) is 33.8 Å². The van der Waals surface area contributed by atoms with Crippen molar-refractivity contribution in [3.05, 3.63) is 16.7 Å². The molecule has 0 N–H and O–H groups in total. The second-order valence-electron chi connectivity index (χ2n) is 6.33. The van der Waals surface area contributed by atoms with E-state index in [1.54, 1.807) is 57.0 Å². The fourth-order valence-corrected chi connectivity index (χ4v) is 2.94. The Morgan fingerprint density at radius 1 is 0.519 bits per heavy atom. The number of carbonyl (C=O) groups is 3. The molecule has 0 amide bonds. The molecule has 9 heteroatoms. The van der Waals surface area contributed by atoms with E-state index in [1.165, 1.54) is 21.3 Å². The Labute approximate surface area is 159 Å². The summed E-state index contributed by atoms with van der Waals surface area (Å²) in [5.74, 6) is -2.07. The molecule has 0 aromatic heterocycles. The van der Waals surface area contributed by atoms with Gasteiger partial charge in [-0.3, -0.25) is 0 Å². The first-order valence-electron chi connectivity index (χ1n) is 8.05. The summed E-state index contributed by atoms with van der Waals surface area (Å²) in [5.41, 5.74) is 1.06. The van der Waals surface area contributed by atoms with Gasteiger partial charge >= 0.3 is 17.9 Å². The molecule has 0 radical (unpaired) electrons. The van der Waals surface area contributed by atoms with Crippen LogP contribution in [0.2, 0.25) is 0 Å². The maximum atomic E-state index is 12.7. The van der Waals surface area contributed by atoms with Crippen LogP contribution < -0.4 is 14.7 Å². The average Bonchev–Trinajstić information content (AvgIpc) is 2.62. The van der Waals surface area contributed by atoms with Crippen molar-refractivity contribution in [2.24, 2.45) is 0 Å². The summed E-state index contributed by atoms with van der Waals surface area (Å²) in [6, 6.07) is 0. The monoisotopic (exact) mass is 381 g/mol. The molecule has 0 bridgehead atoms. The Hall–Kier alpha value is -2.97. The summed E-state index contributed by atoms with van der Waals surface area (Å²) in [6.07, 6.45) is 0. The molecule has 0 saturated heterocycles. The molecule has 0 saturated carbocycles. The average molecular weight is 381 g/mol. The maximum absolute atomic E-state index is 12.7. The molecule has 27 heavy (non-hydrogen) atoms. The van der Waals surface area contributed by atoms with E-state index < -0.39 is 17.9 Å². The van der Waals surface area contributed by atoms with Gasteiger partial charge in [-0.15, -0.1) is 0 Å². The molecule has 1 rings (SSSR count). The van der Waals surface area contributed by atoms with Gasteiger partial charge in [0.25, 0.3) is 0 Å². The molecular weight excluding hydrogens is 354 g/mol. The Morgan fingerprint density at radius 2 is 0.704 bits per heavy atom. The quantitative estimate of drug-likeness (QED) is 0.533. The van der Waals surface area contributed by atoms with Gasteiger partial charge in [-0.2, -0.15) is 0 Å². The van der Waals surface area contributed by atoms with Crippen LogP contribution in [0.4, 0.5) is 17.1 Å². The van der Waals surface area contributed by atoms with Crippen molar-refractivity contribution >= 4 is 35.0 Å². The molecule has 0 spiro atoms. The molecule has 1 aromatic rings. The van der Waals surface area contributed by atoms with Gasteiger partial charge in [0.15, 0.2) is 0 Å². The van der Waals surface area contributed by atoms with E-state index in [0.29, 0.717) is 0 Å². The molecule has 0 heterocycles. The van der Waals surface area contributed by atoms with Crippen molar-refractivity contribution in [1.29, 1.82) is 0 Å². The number of esters is 3. The minimum atomic E-state index is -0.692. The lowest BCUT2D eigenvalue weighted by molar-refractivity contribution is 0.0601. The summed E-state index contributed by atoms with van der Waals surface area (Å²) in [7, 11) is 13.8. The minimum Gasteiger partial charge on any atom is -0.465 e. The van der Waals surface area contributed by atoms with Crippen LogP contribution >= 0.6 is 0 Å². The van der Waals surface area contributed by atoms with E-state index in [2.05, 4.69) is 0 Å². The lowest BCUT2D eigenvalue weighted by Crippen LogP contribution is -2.29. The van der Waals surface area contributed by atoms with Crippen molar-refractivity contribution in [3.8, 4) is 0 Å². The third-order valence-electron chi connectivity index (χ3n) is 3.93. The molecule has 150 valence electrons. The Morgan fingerprint density at radius 3 is 0.815 bits per heavy atom. The van der Waals surface area contributed by atoms with Gasteiger partial charge in [-0.05, 0) is 0 Å². The number of hydrogen-bond acceptors (Lipinski definition) is 9. The number of carbonyl (C=O) groups excluding carboxylic acids is 3. The molecule has 0 fully saturated rings. The predicted molar refractivity (Wildman–Crippen MR) is 103 cm³/mol. The fourth-order valence-electron chi connectivity index (χ4n) is 2.94. The third kappa shape index (κ3) is 3.91. The van der Waals surface area contributed by atoms with E-state index in [9.17, 15) is 14.4 Å². The zero-order valence-corrected chi connectivity index (χ0v) is 17.3. The van der Waals surface area contributed by atoms with Crippen LogP contribution in [0.5, 0.6) is 0 Å². The van der Waals surface area contributed by atoms with E-state index in [0.717, 1.165) is 0 Å². The zero-order chi connectivity index (χ0) is 21.0. The Kier molecular flexibility index (Phi) is 7.04. The SMILES string of the molecule is COC(=O)c1c(N(C)C)c(C(=O)OC)c(N(C)C)c(C(=O)OC)c1N(C)C. The number of benzene rings is 1. The lowest BCUT2D eigenvalue weighted by Gasteiger charge is -2.31. The van der Waals surface area contributed by atoms with Crippen molar-refractivity contribution in [2.75, 3.05) is 78.3 Å². The third-order valence-corrected chi connectivity index (χ3v) is 3.93. The van der Waals surface area contributed by atoms with Gasteiger partial charge in [-0.1, -0.05) is 0 Å². The van der Waals surface area contributed by atoms with Crippen LogP contribution in [0, 0.1) is 0 Å². The van der Waals surface area contributed by atoms with Gasteiger partial charge in [0.05, 0.1) is 38.4 Å². The van der Waals surface area contributed by atoms with Crippen LogP contribution in [0.15, 0.2) is 0 Å². The summed E-state index contributed by atoms with van der Waals surface area (Å²) >= 11 is 0. The minimum absolute atomic E-state index is 0.0684. The maximum Gasteiger partial charge on any atom is 0.342 e. The summed E-state index contributed by atoms with van der Waals surface area (Å²) < 4.78 is 14.8. The first-order valence-corrected chi connectivity index (χ1v) is 8.05. The van der Waals surface area contributed by atoms with Crippen LogP contribution in [0.25, 0.3) is 0 Å². The normalized spacial score (nSPS) is 10.1. The van der Waals surface area contributed by atoms with Crippen LogP contribution in [-0.4, -0.2) is 81.5 Å². The number of hydrogen-bond donors (Lipinski definition) is 0. The zero-order valence-electron chi connectivity index (χ0n) is 17.3. The Balaban J connectivity index is 4.41. The largest absolute Gasteiger partial charge is 0.465 e. The molecule has 0 aliphatic rings. The highest BCUT2D eigenvalue weighted by molar-refractivity contribution is 6.19. The van der Waals surface area contributed by atoms with E-state index in [4.69, 9.17) is 14.2 Å². The van der Waals surface area contributed by atoms with Crippen molar-refractivity contribution in [1.82, 2.24) is 0 Å². The first-order chi connectivity index (χ1) is 12.5. The van der Waals surface area contributed by atoms with Crippen LogP contribution in [0.1, 0.15) is 31.1 Å². The summed E-state index contributed by atoms with van der Waals surface area (Å²) in [6.45, 7) is 0. The number of anilines is 3. The standard InChI is InChI=1S/C18H27N3O6/c1-19(2)13-10(16(22)25-7)14(20(3)4)12(18(24)27-9)15(21(5)6)11(13)17(23)26-8/h1-9H3. The highest BCUT2D eigenvalue weighted by atomic mass is 16.5. The molecule has 0 atom stereocenters. The number of ether oxygens (including phenoxy) is 3. The van der Waals surface area contributed by atoms with Crippen LogP contribution in [-0.2, 0) is 14.2 Å². The Bertz CT molecular complexity index is 635. The van der Waals surface area contributed by atoms with Gasteiger partial charge < -0.3 is 28.9 Å². The van der Waals surface area contributed by atoms with E-state index in [1.807, 2.05) is 0 Å². The summed E-state index contributed by atoms with van der Waals surface area (Å²) in [4.78, 5) is 42.9. The second kappa shape index (κ2) is 8.61. The van der Waals surface area contributed by atoms with Gasteiger partial charge in [0.2, 0.25) is 0 Å². The molecule has 0 aliphatic carbocycles. The number of nitrogens with zero attached hydrogens (tertiary/aromatic N) is 3. The van der Waals surface area contributed by atoms with E-state index >= 15 is 0 Å². The highest BCUT2D eigenvalue weighted by Crippen LogP contribution is 2.44. The first kappa shape index (κ1) is 22.1. The topological polar surface area (TPSA) is 88.6 Å². The number of methoxy groups -OCH3 is 3. The lowest BCUT2D eigenvalue weighted by atomic mass is 9.94. The summed E-state index contributed by atoms with van der Waals surface area (Å²) in [5, 5.41) is 0. The second-order valence-corrected chi connectivity index (χ2v) is 6.33. The van der Waals surface area contributed by atoms with Gasteiger partial charge in [0.1, 0.15) is 16.7 Å². The molecule has 0 unspecified atom stereocenters. The van der Waals surface area contributed by atoms with Gasteiger partial charge in [0, 0.05) is 42.3 Å². The van der Waals surface area contributed by atoms with Gasteiger partial charge in [-0.25, -0.2) is 14.4 Å². The molecule has 9 nitrogen and oxygen atoms in total. The van der Waals surface area contributed by atoms with Crippen molar-refractivity contribution < 1.29 is 28.6 Å². The molecule has 1 aromatic carbocycles.